The second-order valence-electron chi connectivity index (χ2n) is 7.27. The molecule has 5 rings (SSSR count). The number of aromatic nitrogens is 3. The number of carbonyl (C=O) groups excluding carboxylic acids is 1. The summed E-state index contributed by atoms with van der Waals surface area (Å²) in [6, 6.07) is 9.89. The summed E-state index contributed by atoms with van der Waals surface area (Å²) in [7, 11) is 1.65. The molecule has 0 amide bonds. The lowest BCUT2D eigenvalue weighted by atomic mass is 10.00. The Labute approximate surface area is 145 Å². The maximum Gasteiger partial charge on any atom is 0.198 e. The Morgan fingerprint density at radius 2 is 1.92 bits per heavy atom. The van der Waals surface area contributed by atoms with E-state index in [9.17, 15) is 4.79 Å². The highest BCUT2D eigenvalue weighted by atomic mass is 16.5. The second-order valence-corrected chi connectivity index (χ2v) is 7.27. The average Bonchev–Trinajstić information content (AvgIpc) is 3.06. The van der Waals surface area contributed by atoms with Gasteiger partial charge in [-0.3, -0.25) is 4.79 Å². The molecule has 0 aliphatic heterocycles. The molecule has 3 aromatic rings. The zero-order valence-corrected chi connectivity index (χ0v) is 14.4. The molecule has 0 spiro atoms. The van der Waals surface area contributed by atoms with Gasteiger partial charge in [-0.1, -0.05) is 25.1 Å². The summed E-state index contributed by atoms with van der Waals surface area (Å²) in [5.41, 5.74) is 4.82. The normalized spacial score (nSPS) is 17.8. The number of rotatable bonds is 3. The molecule has 126 valence electrons. The summed E-state index contributed by atoms with van der Waals surface area (Å²) in [5.74, 6) is 1.82. The minimum atomic E-state index is 0.0862. The summed E-state index contributed by atoms with van der Waals surface area (Å²) >= 11 is 0. The van der Waals surface area contributed by atoms with Gasteiger partial charge in [-0.25, -0.2) is 9.50 Å². The fraction of sp³-hybridized carbons (Fsp3) is 0.350. The first-order valence-electron chi connectivity index (χ1n) is 8.70. The van der Waals surface area contributed by atoms with Crippen LogP contribution in [0.3, 0.4) is 0 Å². The molecule has 5 heteroatoms. The number of methoxy groups -OCH3 is 1. The summed E-state index contributed by atoms with van der Waals surface area (Å²) in [6.07, 6.45) is 3.62. The van der Waals surface area contributed by atoms with E-state index in [2.05, 4.69) is 13.0 Å². The van der Waals surface area contributed by atoms with Crippen molar-refractivity contribution in [2.45, 2.75) is 38.0 Å². The Balaban J connectivity index is 1.78. The van der Waals surface area contributed by atoms with Crippen molar-refractivity contribution in [1.82, 2.24) is 14.6 Å². The molecule has 2 aliphatic rings. The molecule has 1 aromatic carbocycles. The maximum absolute atomic E-state index is 12.1. The van der Waals surface area contributed by atoms with E-state index in [1.807, 2.05) is 28.8 Å². The lowest BCUT2D eigenvalue weighted by molar-refractivity contribution is 0.0994. The van der Waals surface area contributed by atoms with Gasteiger partial charge in [0, 0.05) is 23.0 Å². The lowest BCUT2D eigenvalue weighted by Crippen LogP contribution is -2.03. The van der Waals surface area contributed by atoms with Crippen molar-refractivity contribution >= 4 is 11.4 Å². The quantitative estimate of drug-likeness (QED) is 0.735. The van der Waals surface area contributed by atoms with Crippen molar-refractivity contribution in [3.05, 3.63) is 47.3 Å². The number of fused-ring (bicyclic) bond motifs is 2. The van der Waals surface area contributed by atoms with Crippen molar-refractivity contribution < 1.29 is 9.53 Å². The van der Waals surface area contributed by atoms with E-state index in [4.69, 9.17) is 14.8 Å². The third kappa shape index (κ3) is 2.05. The van der Waals surface area contributed by atoms with Gasteiger partial charge in [-0.05, 0) is 37.0 Å². The van der Waals surface area contributed by atoms with Crippen molar-refractivity contribution in [1.29, 1.82) is 0 Å². The molecule has 2 aromatic heterocycles. The highest BCUT2D eigenvalue weighted by Crippen LogP contribution is 2.46. The van der Waals surface area contributed by atoms with Gasteiger partial charge in [0.2, 0.25) is 0 Å². The summed E-state index contributed by atoms with van der Waals surface area (Å²) in [6.45, 7) is 2.20. The van der Waals surface area contributed by atoms with Crippen LogP contribution in [0, 0.1) is 0 Å². The molecule has 1 fully saturated rings. The van der Waals surface area contributed by atoms with E-state index in [0.717, 1.165) is 58.9 Å². The van der Waals surface area contributed by atoms with E-state index < -0.39 is 0 Å². The first kappa shape index (κ1) is 14.6. The number of pyridine rings is 1. The molecule has 0 N–H and O–H groups in total. The number of ketones is 1. The van der Waals surface area contributed by atoms with E-state index in [1.165, 1.54) is 0 Å². The van der Waals surface area contributed by atoms with E-state index in [0.29, 0.717) is 6.42 Å². The predicted octanol–water partition coefficient (Wildman–Crippen LogP) is 3.59. The van der Waals surface area contributed by atoms with Crippen LogP contribution in [0.1, 0.15) is 47.9 Å². The standard InChI is InChI=1S/C20H19N3O2/c1-20(10-11-20)19-21-18-17(25-2)9-7-15(23(18)22-19)13-4-3-5-14-12(13)6-8-16(14)24/h3-5,7,9H,6,8,10-11H2,1-2H3. The molecule has 5 nitrogen and oxygen atoms in total. The number of hydrogen-bond donors (Lipinski definition) is 0. The van der Waals surface area contributed by atoms with Gasteiger partial charge in [0.1, 0.15) is 0 Å². The van der Waals surface area contributed by atoms with Gasteiger partial charge in [-0.2, -0.15) is 0 Å². The molecular weight excluding hydrogens is 314 g/mol. The van der Waals surface area contributed by atoms with Crippen LogP contribution in [-0.4, -0.2) is 27.5 Å². The van der Waals surface area contributed by atoms with Crippen molar-refractivity contribution in [3.8, 4) is 17.0 Å². The highest BCUT2D eigenvalue weighted by Gasteiger charge is 2.43. The SMILES string of the molecule is COc1ccc(-c2cccc3c2CCC3=O)n2nc(C3(C)CC3)nc12. The highest BCUT2D eigenvalue weighted by molar-refractivity contribution is 6.02. The molecule has 1 saturated carbocycles. The Kier molecular flexibility index (Phi) is 2.87. The molecule has 2 heterocycles. The van der Waals surface area contributed by atoms with Gasteiger partial charge >= 0.3 is 0 Å². The third-order valence-electron chi connectivity index (χ3n) is 5.56. The van der Waals surface area contributed by atoms with Crippen LogP contribution in [-0.2, 0) is 11.8 Å². The zero-order chi connectivity index (χ0) is 17.2. The number of ether oxygens (including phenoxy) is 1. The Hall–Kier alpha value is -2.69. The zero-order valence-electron chi connectivity index (χ0n) is 14.4. The molecule has 25 heavy (non-hydrogen) atoms. The van der Waals surface area contributed by atoms with Crippen molar-refractivity contribution in [2.24, 2.45) is 0 Å². The Morgan fingerprint density at radius 1 is 1.12 bits per heavy atom. The van der Waals surface area contributed by atoms with Crippen LogP contribution in [0.4, 0.5) is 0 Å². The third-order valence-corrected chi connectivity index (χ3v) is 5.56. The maximum atomic E-state index is 12.1. The van der Waals surface area contributed by atoms with E-state index in [-0.39, 0.29) is 11.2 Å². The molecule has 0 atom stereocenters. The Bertz CT molecular complexity index is 1030. The van der Waals surface area contributed by atoms with Crippen LogP contribution in [0.15, 0.2) is 30.3 Å². The molecule has 2 aliphatic carbocycles. The topological polar surface area (TPSA) is 56.5 Å². The van der Waals surface area contributed by atoms with Gasteiger partial charge in [-0.15, -0.1) is 5.10 Å². The largest absolute Gasteiger partial charge is 0.493 e. The van der Waals surface area contributed by atoms with Crippen LogP contribution >= 0.6 is 0 Å². The molecule has 0 radical (unpaired) electrons. The van der Waals surface area contributed by atoms with Crippen LogP contribution < -0.4 is 4.74 Å². The number of Topliss-reactive ketones (excluding diaryl/α,β-unsaturated/α-hetero) is 1. The molecule has 0 saturated heterocycles. The van der Waals surface area contributed by atoms with Crippen LogP contribution in [0.5, 0.6) is 5.75 Å². The number of nitrogens with zero attached hydrogens (tertiary/aromatic N) is 3. The molecule has 0 unspecified atom stereocenters. The van der Waals surface area contributed by atoms with Crippen LogP contribution in [0.25, 0.3) is 16.9 Å². The monoisotopic (exact) mass is 333 g/mol. The van der Waals surface area contributed by atoms with E-state index in [1.54, 1.807) is 7.11 Å². The van der Waals surface area contributed by atoms with Gasteiger partial charge < -0.3 is 4.74 Å². The van der Waals surface area contributed by atoms with Gasteiger partial charge in [0.25, 0.3) is 0 Å². The number of benzene rings is 1. The summed E-state index contributed by atoms with van der Waals surface area (Å²) in [4.78, 5) is 16.9. The summed E-state index contributed by atoms with van der Waals surface area (Å²) < 4.78 is 7.38. The van der Waals surface area contributed by atoms with Crippen molar-refractivity contribution in [3.63, 3.8) is 0 Å². The fourth-order valence-electron chi connectivity index (χ4n) is 3.70. The second kappa shape index (κ2) is 4.91. The first-order valence-corrected chi connectivity index (χ1v) is 8.70. The summed E-state index contributed by atoms with van der Waals surface area (Å²) in [5, 5.41) is 4.82. The minimum Gasteiger partial charge on any atom is -0.493 e. The predicted molar refractivity (Wildman–Crippen MR) is 94.2 cm³/mol. The minimum absolute atomic E-state index is 0.0862. The van der Waals surface area contributed by atoms with Crippen molar-refractivity contribution in [2.75, 3.05) is 7.11 Å². The lowest BCUT2D eigenvalue weighted by Gasteiger charge is -2.11. The number of carbonyl (C=O) groups is 1. The van der Waals surface area contributed by atoms with Crippen LogP contribution in [0.2, 0.25) is 0 Å². The van der Waals surface area contributed by atoms with Gasteiger partial charge in [0.05, 0.1) is 12.8 Å². The Morgan fingerprint density at radius 3 is 2.68 bits per heavy atom. The first-order chi connectivity index (χ1) is 12.1. The smallest absolute Gasteiger partial charge is 0.198 e. The fourth-order valence-corrected chi connectivity index (χ4v) is 3.70. The van der Waals surface area contributed by atoms with E-state index >= 15 is 0 Å². The molecule has 0 bridgehead atoms. The molecular formula is C20H19N3O2. The average molecular weight is 333 g/mol. The number of hydrogen-bond acceptors (Lipinski definition) is 4. The van der Waals surface area contributed by atoms with Gasteiger partial charge in [0.15, 0.2) is 23.0 Å².